The molecule has 138 valence electrons. The van der Waals surface area contributed by atoms with Gasteiger partial charge < -0.3 is 14.8 Å². The van der Waals surface area contributed by atoms with E-state index in [9.17, 15) is 9.18 Å². The molecule has 0 saturated heterocycles. The number of aryl methyl sites for hydroxylation is 1. The third-order valence-electron chi connectivity index (χ3n) is 4.93. The summed E-state index contributed by atoms with van der Waals surface area (Å²) in [4.78, 5) is 12.3. The Morgan fingerprint density at radius 3 is 2.54 bits per heavy atom. The van der Waals surface area contributed by atoms with E-state index in [1.165, 1.54) is 23.3 Å². The van der Waals surface area contributed by atoms with Crippen LogP contribution in [0.3, 0.4) is 0 Å². The van der Waals surface area contributed by atoms with Gasteiger partial charge in [0.05, 0.1) is 14.2 Å². The van der Waals surface area contributed by atoms with Crippen LogP contribution in [-0.2, 0) is 17.6 Å². The topological polar surface area (TPSA) is 47.6 Å². The number of hydrogen-bond donors (Lipinski definition) is 1. The lowest BCUT2D eigenvalue weighted by Gasteiger charge is -2.14. The second-order valence-electron chi connectivity index (χ2n) is 6.57. The molecule has 5 heteroatoms. The molecule has 0 fully saturated rings. The fourth-order valence-corrected chi connectivity index (χ4v) is 3.52. The second-order valence-corrected chi connectivity index (χ2v) is 6.57. The third kappa shape index (κ3) is 4.15. The Morgan fingerprint density at radius 2 is 1.85 bits per heavy atom. The molecule has 0 aliphatic heterocycles. The number of fused-ring (bicyclic) bond motifs is 1. The van der Waals surface area contributed by atoms with Crippen LogP contribution in [0.4, 0.5) is 4.39 Å². The number of methoxy groups -OCH3 is 2. The van der Waals surface area contributed by atoms with Crippen molar-refractivity contribution in [3.63, 3.8) is 0 Å². The van der Waals surface area contributed by atoms with Crippen molar-refractivity contribution in [1.82, 2.24) is 5.32 Å². The average molecular weight is 357 g/mol. The monoisotopic (exact) mass is 357 g/mol. The van der Waals surface area contributed by atoms with Crippen LogP contribution in [0.5, 0.6) is 11.5 Å². The lowest BCUT2D eigenvalue weighted by Crippen LogP contribution is -2.26. The minimum atomic E-state index is -0.246. The number of nitrogens with one attached hydrogen (secondary N) is 1. The summed E-state index contributed by atoms with van der Waals surface area (Å²) in [6.07, 6.45) is 3.06. The molecule has 2 aromatic carbocycles. The summed E-state index contributed by atoms with van der Waals surface area (Å²) in [6, 6.07) is 10.4. The highest BCUT2D eigenvalue weighted by atomic mass is 19.1. The van der Waals surface area contributed by atoms with Crippen molar-refractivity contribution in [3.8, 4) is 11.5 Å². The Labute approximate surface area is 153 Å². The van der Waals surface area contributed by atoms with Gasteiger partial charge in [-0.2, -0.15) is 0 Å². The molecule has 0 aromatic heterocycles. The van der Waals surface area contributed by atoms with Crippen molar-refractivity contribution in [2.24, 2.45) is 0 Å². The van der Waals surface area contributed by atoms with Crippen molar-refractivity contribution in [1.29, 1.82) is 0 Å². The Morgan fingerprint density at radius 1 is 1.15 bits per heavy atom. The Balaban J connectivity index is 1.55. The largest absolute Gasteiger partial charge is 0.493 e. The zero-order valence-electron chi connectivity index (χ0n) is 15.2. The molecule has 1 aliphatic carbocycles. The molecule has 0 spiro atoms. The van der Waals surface area contributed by atoms with Crippen molar-refractivity contribution in [2.45, 2.75) is 31.6 Å². The predicted octanol–water partition coefficient (Wildman–Crippen LogP) is 3.62. The van der Waals surface area contributed by atoms with E-state index >= 15 is 0 Å². The molecule has 1 unspecified atom stereocenters. The first kappa shape index (κ1) is 18.2. The van der Waals surface area contributed by atoms with Gasteiger partial charge >= 0.3 is 0 Å². The first-order valence-corrected chi connectivity index (χ1v) is 8.86. The molecule has 1 atom stereocenters. The van der Waals surface area contributed by atoms with Crippen LogP contribution in [-0.4, -0.2) is 26.7 Å². The van der Waals surface area contributed by atoms with Crippen molar-refractivity contribution in [3.05, 3.63) is 58.9 Å². The molecule has 1 amide bonds. The zero-order chi connectivity index (χ0) is 18.5. The highest BCUT2D eigenvalue weighted by Crippen LogP contribution is 2.41. The van der Waals surface area contributed by atoms with E-state index in [2.05, 4.69) is 5.32 Å². The van der Waals surface area contributed by atoms with E-state index in [-0.39, 0.29) is 17.6 Å². The summed E-state index contributed by atoms with van der Waals surface area (Å²) in [7, 11) is 3.25. The van der Waals surface area contributed by atoms with Crippen LogP contribution in [0, 0.1) is 5.82 Å². The number of halogens is 1. The van der Waals surface area contributed by atoms with Crippen molar-refractivity contribution < 1.29 is 18.7 Å². The molecule has 0 bridgehead atoms. The normalized spacial score (nSPS) is 15.4. The van der Waals surface area contributed by atoms with Gasteiger partial charge in [-0.05, 0) is 66.1 Å². The lowest BCUT2D eigenvalue weighted by atomic mass is 9.97. The van der Waals surface area contributed by atoms with E-state index in [1.54, 1.807) is 26.4 Å². The van der Waals surface area contributed by atoms with Gasteiger partial charge in [0.1, 0.15) is 5.82 Å². The molecular weight excluding hydrogens is 333 g/mol. The number of hydrogen-bond acceptors (Lipinski definition) is 3. The van der Waals surface area contributed by atoms with E-state index in [1.807, 2.05) is 12.1 Å². The van der Waals surface area contributed by atoms with Crippen molar-refractivity contribution >= 4 is 5.91 Å². The van der Waals surface area contributed by atoms with Crippen LogP contribution in [0.25, 0.3) is 0 Å². The first-order chi connectivity index (χ1) is 12.6. The van der Waals surface area contributed by atoms with E-state index < -0.39 is 0 Å². The van der Waals surface area contributed by atoms with E-state index in [0.29, 0.717) is 25.1 Å². The quantitative estimate of drug-likeness (QED) is 0.823. The Bertz CT molecular complexity index is 774. The highest BCUT2D eigenvalue weighted by molar-refractivity contribution is 5.77. The number of carbonyl (C=O) groups excluding carboxylic acids is 1. The van der Waals surface area contributed by atoms with Gasteiger partial charge in [0.2, 0.25) is 5.91 Å². The zero-order valence-corrected chi connectivity index (χ0v) is 15.2. The molecule has 0 radical (unpaired) electrons. The number of rotatable bonds is 7. The van der Waals surface area contributed by atoms with Crippen LogP contribution in [0.2, 0.25) is 0 Å². The van der Waals surface area contributed by atoms with Gasteiger partial charge in [-0.1, -0.05) is 12.1 Å². The average Bonchev–Trinajstić information content (AvgIpc) is 3.03. The fraction of sp³-hybridized carbons (Fsp3) is 0.381. The maximum Gasteiger partial charge on any atom is 0.220 e. The van der Waals surface area contributed by atoms with E-state index in [0.717, 1.165) is 24.2 Å². The molecular formula is C21H24FNO3. The van der Waals surface area contributed by atoms with E-state index in [4.69, 9.17) is 9.47 Å². The molecule has 4 nitrogen and oxygen atoms in total. The van der Waals surface area contributed by atoms with Gasteiger partial charge in [-0.3, -0.25) is 4.79 Å². The maximum atomic E-state index is 12.9. The highest BCUT2D eigenvalue weighted by Gasteiger charge is 2.26. The minimum Gasteiger partial charge on any atom is -0.493 e. The fourth-order valence-electron chi connectivity index (χ4n) is 3.52. The number of carbonyl (C=O) groups is 1. The molecule has 26 heavy (non-hydrogen) atoms. The van der Waals surface area contributed by atoms with Crippen LogP contribution >= 0.6 is 0 Å². The van der Waals surface area contributed by atoms with Crippen LogP contribution < -0.4 is 14.8 Å². The maximum absolute atomic E-state index is 12.9. The Kier molecular flexibility index (Phi) is 5.76. The van der Waals surface area contributed by atoms with Gasteiger partial charge in [-0.25, -0.2) is 4.39 Å². The number of amides is 1. The molecule has 1 N–H and O–H groups in total. The summed E-state index contributed by atoms with van der Waals surface area (Å²) >= 11 is 0. The van der Waals surface area contributed by atoms with Crippen molar-refractivity contribution in [2.75, 3.05) is 20.8 Å². The van der Waals surface area contributed by atoms with Gasteiger partial charge in [0.25, 0.3) is 0 Å². The van der Waals surface area contributed by atoms with Crippen LogP contribution in [0.15, 0.2) is 36.4 Å². The summed E-state index contributed by atoms with van der Waals surface area (Å²) in [5, 5.41) is 2.97. The molecule has 3 rings (SSSR count). The molecule has 1 aliphatic rings. The predicted molar refractivity (Wildman–Crippen MR) is 98.3 cm³/mol. The smallest absolute Gasteiger partial charge is 0.220 e. The minimum absolute atomic E-state index is 0.0414. The van der Waals surface area contributed by atoms with Gasteiger partial charge in [0.15, 0.2) is 11.5 Å². The summed E-state index contributed by atoms with van der Waals surface area (Å²) < 4.78 is 23.6. The SMILES string of the molecule is COc1cc2c(cc1OC)C(CC(=O)NCCc1ccc(F)cc1)CC2. The number of ether oxygens (including phenoxy) is 2. The number of benzene rings is 2. The standard InChI is InChI=1S/C21H24FNO3/c1-25-19-11-15-5-6-16(18(15)13-20(19)26-2)12-21(24)23-10-9-14-3-7-17(22)8-4-14/h3-4,7-8,11,13,16H,5-6,9-10,12H2,1-2H3,(H,23,24). The third-order valence-corrected chi connectivity index (χ3v) is 4.93. The molecule has 2 aromatic rings. The second kappa shape index (κ2) is 8.21. The summed E-state index contributed by atoms with van der Waals surface area (Å²) in [6.45, 7) is 0.552. The van der Waals surface area contributed by atoms with Crippen LogP contribution in [0.1, 0.15) is 35.4 Å². The molecule has 0 heterocycles. The lowest BCUT2D eigenvalue weighted by molar-refractivity contribution is -0.121. The molecule has 0 saturated carbocycles. The summed E-state index contributed by atoms with van der Waals surface area (Å²) in [5.74, 6) is 1.44. The van der Waals surface area contributed by atoms with Gasteiger partial charge in [0, 0.05) is 13.0 Å². The van der Waals surface area contributed by atoms with Gasteiger partial charge in [-0.15, -0.1) is 0 Å². The Hall–Kier alpha value is -2.56. The first-order valence-electron chi connectivity index (χ1n) is 8.86. The summed E-state index contributed by atoms with van der Waals surface area (Å²) in [5.41, 5.74) is 3.41.